The van der Waals surface area contributed by atoms with Crippen molar-refractivity contribution >= 4 is 16.8 Å². The highest BCUT2D eigenvalue weighted by atomic mass is 16.2. The molecule has 2 N–H and O–H groups in total. The fourth-order valence-corrected chi connectivity index (χ4v) is 1.54. The first-order chi connectivity index (χ1) is 7.47. The summed E-state index contributed by atoms with van der Waals surface area (Å²) in [7, 11) is 0. The number of nitrogens with one attached hydrogen (secondary N) is 2. The second-order valence-corrected chi connectivity index (χ2v) is 4.82. The average molecular weight is 217 g/mol. The van der Waals surface area contributed by atoms with E-state index in [1.54, 1.807) is 0 Å². The number of carbonyl (C=O) groups is 1. The molecule has 1 aromatic heterocycles. The van der Waals surface area contributed by atoms with Gasteiger partial charge in [-0.1, -0.05) is 18.2 Å². The third-order valence-corrected chi connectivity index (χ3v) is 2.17. The maximum absolute atomic E-state index is 11.9. The summed E-state index contributed by atoms with van der Waals surface area (Å²) in [6, 6.07) is 7.59. The van der Waals surface area contributed by atoms with Crippen molar-refractivity contribution in [2.45, 2.75) is 26.3 Å². The normalized spacial score (nSPS) is 11.7. The molecule has 0 spiro atoms. The van der Waals surface area contributed by atoms with E-state index in [-0.39, 0.29) is 11.4 Å². The summed E-state index contributed by atoms with van der Waals surface area (Å²) >= 11 is 0. The number of rotatable bonds is 1. The number of hydrogen-bond donors (Lipinski definition) is 2. The Labute approximate surface area is 94.0 Å². The third kappa shape index (κ3) is 2.05. The second kappa shape index (κ2) is 3.63. The SMILES string of the molecule is CC(C)(C)NC(=O)c1n[nH]c2ccccc12. The van der Waals surface area contributed by atoms with Gasteiger partial charge in [0.15, 0.2) is 5.69 Å². The smallest absolute Gasteiger partial charge is 0.272 e. The predicted molar refractivity (Wildman–Crippen MR) is 63.3 cm³/mol. The predicted octanol–water partition coefficient (Wildman–Crippen LogP) is 2.09. The molecular weight excluding hydrogens is 202 g/mol. The molecular formula is C12H15N3O. The number of hydrogen-bond acceptors (Lipinski definition) is 2. The van der Waals surface area contributed by atoms with Crippen LogP contribution in [0.1, 0.15) is 31.3 Å². The first kappa shape index (κ1) is 10.7. The van der Waals surface area contributed by atoms with Gasteiger partial charge in [0.2, 0.25) is 0 Å². The van der Waals surface area contributed by atoms with Crippen LogP contribution in [0.5, 0.6) is 0 Å². The van der Waals surface area contributed by atoms with Gasteiger partial charge in [-0.2, -0.15) is 5.10 Å². The molecule has 2 aromatic rings. The van der Waals surface area contributed by atoms with Crippen LogP contribution in [-0.2, 0) is 0 Å². The van der Waals surface area contributed by atoms with Crippen molar-refractivity contribution < 1.29 is 4.79 Å². The summed E-state index contributed by atoms with van der Waals surface area (Å²) in [4.78, 5) is 11.9. The van der Waals surface area contributed by atoms with Crippen molar-refractivity contribution in [3.63, 3.8) is 0 Å². The standard InChI is InChI=1S/C12H15N3O/c1-12(2,3)13-11(16)10-8-6-4-5-7-9(8)14-15-10/h4-7H,1-3H3,(H,13,16)(H,14,15). The first-order valence-electron chi connectivity index (χ1n) is 5.23. The number of nitrogens with zero attached hydrogens (tertiary/aromatic N) is 1. The molecule has 0 radical (unpaired) electrons. The molecule has 16 heavy (non-hydrogen) atoms. The minimum atomic E-state index is -0.253. The van der Waals surface area contributed by atoms with Crippen molar-refractivity contribution in [3.8, 4) is 0 Å². The van der Waals surface area contributed by atoms with E-state index in [9.17, 15) is 4.79 Å². The summed E-state index contributed by atoms with van der Waals surface area (Å²) in [5.41, 5.74) is 1.07. The maximum atomic E-state index is 11.9. The largest absolute Gasteiger partial charge is 0.346 e. The maximum Gasteiger partial charge on any atom is 0.272 e. The summed E-state index contributed by atoms with van der Waals surface area (Å²) in [6.45, 7) is 5.83. The lowest BCUT2D eigenvalue weighted by Gasteiger charge is -2.19. The lowest BCUT2D eigenvalue weighted by molar-refractivity contribution is 0.0916. The molecule has 0 unspecified atom stereocenters. The number of carbonyl (C=O) groups excluding carboxylic acids is 1. The van der Waals surface area contributed by atoms with Crippen LogP contribution >= 0.6 is 0 Å². The van der Waals surface area contributed by atoms with E-state index in [1.807, 2.05) is 45.0 Å². The lowest BCUT2D eigenvalue weighted by atomic mass is 10.1. The minimum absolute atomic E-state index is 0.148. The van der Waals surface area contributed by atoms with Gasteiger partial charge < -0.3 is 5.32 Å². The fourth-order valence-electron chi connectivity index (χ4n) is 1.54. The molecule has 1 aromatic carbocycles. The molecule has 0 atom stereocenters. The van der Waals surface area contributed by atoms with Crippen LogP contribution in [0.4, 0.5) is 0 Å². The molecule has 4 heteroatoms. The monoisotopic (exact) mass is 217 g/mol. The zero-order valence-corrected chi connectivity index (χ0v) is 9.66. The van der Waals surface area contributed by atoms with Crippen molar-refractivity contribution in [3.05, 3.63) is 30.0 Å². The highest BCUT2D eigenvalue weighted by molar-refractivity contribution is 6.04. The van der Waals surface area contributed by atoms with Gasteiger partial charge in [0.25, 0.3) is 5.91 Å². The van der Waals surface area contributed by atoms with E-state index in [0.717, 1.165) is 10.9 Å². The molecule has 0 saturated heterocycles. The van der Waals surface area contributed by atoms with Gasteiger partial charge in [-0.05, 0) is 26.8 Å². The minimum Gasteiger partial charge on any atom is -0.346 e. The van der Waals surface area contributed by atoms with Crippen LogP contribution in [0.15, 0.2) is 24.3 Å². The van der Waals surface area contributed by atoms with E-state index in [0.29, 0.717) is 5.69 Å². The molecule has 0 saturated carbocycles. The molecule has 0 aliphatic carbocycles. The molecule has 0 aliphatic rings. The summed E-state index contributed by atoms with van der Waals surface area (Å²) in [5, 5.41) is 10.6. The van der Waals surface area contributed by atoms with Crippen LogP contribution < -0.4 is 5.32 Å². The van der Waals surface area contributed by atoms with Crippen LogP contribution in [-0.4, -0.2) is 21.6 Å². The van der Waals surface area contributed by atoms with Gasteiger partial charge >= 0.3 is 0 Å². The van der Waals surface area contributed by atoms with Crippen molar-refractivity contribution in [2.24, 2.45) is 0 Å². The zero-order chi connectivity index (χ0) is 11.8. The summed E-state index contributed by atoms with van der Waals surface area (Å²) in [6.07, 6.45) is 0. The molecule has 1 amide bonds. The Bertz CT molecular complexity index is 522. The molecule has 1 heterocycles. The van der Waals surface area contributed by atoms with E-state index in [1.165, 1.54) is 0 Å². The number of aromatic nitrogens is 2. The number of H-pyrrole nitrogens is 1. The van der Waals surface area contributed by atoms with E-state index >= 15 is 0 Å². The zero-order valence-electron chi connectivity index (χ0n) is 9.66. The van der Waals surface area contributed by atoms with Crippen molar-refractivity contribution in [1.82, 2.24) is 15.5 Å². The Morgan fingerprint density at radius 2 is 2.00 bits per heavy atom. The fraction of sp³-hybridized carbons (Fsp3) is 0.333. The van der Waals surface area contributed by atoms with Gasteiger partial charge in [0.05, 0.1) is 5.52 Å². The number of aromatic amines is 1. The van der Waals surface area contributed by atoms with Gasteiger partial charge in [-0.25, -0.2) is 0 Å². The Morgan fingerprint density at radius 3 is 2.69 bits per heavy atom. The number of amides is 1. The van der Waals surface area contributed by atoms with Gasteiger partial charge in [-0.15, -0.1) is 0 Å². The molecule has 0 bridgehead atoms. The van der Waals surface area contributed by atoms with Gasteiger partial charge in [0.1, 0.15) is 0 Å². The molecule has 84 valence electrons. The topological polar surface area (TPSA) is 57.8 Å². The molecule has 0 fully saturated rings. The number of para-hydroxylation sites is 1. The average Bonchev–Trinajstić information content (AvgIpc) is 2.58. The van der Waals surface area contributed by atoms with E-state index in [4.69, 9.17) is 0 Å². The Hall–Kier alpha value is -1.84. The van der Waals surface area contributed by atoms with Crippen LogP contribution in [0.3, 0.4) is 0 Å². The van der Waals surface area contributed by atoms with Crippen molar-refractivity contribution in [1.29, 1.82) is 0 Å². The van der Waals surface area contributed by atoms with Crippen molar-refractivity contribution in [2.75, 3.05) is 0 Å². The molecule has 0 aliphatic heterocycles. The Balaban J connectivity index is 2.37. The summed E-state index contributed by atoms with van der Waals surface area (Å²) < 4.78 is 0. The first-order valence-corrected chi connectivity index (χ1v) is 5.23. The molecule has 4 nitrogen and oxygen atoms in total. The number of benzene rings is 1. The Morgan fingerprint density at radius 1 is 1.31 bits per heavy atom. The third-order valence-electron chi connectivity index (χ3n) is 2.17. The van der Waals surface area contributed by atoms with Crippen LogP contribution in [0.25, 0.3) is 10.9 Å². The molecule has 2 rings (SSSR count). The number of fused-ring (bicyclic) bond motifs is 1. The Kier molecular flexibility index (Phi) is 2.42. The lowest BCUT2D eigenvalue weighted by Crippen LogP contribution is -2.40. The highest BCUT2D eigenvalue weighted by Crippen LogP contribution is 2.15. The second-order valence-electron chi connectivity index (χ2n) is 4.82. The van der Waals surface area contributed by atoms with Crippen LogP contribution in [0, 0.1) is 0 Å². The van der Waals surface area contributed by atoms with Crippen LogP contribution in [0.2, 0.25) is 0 Å². The highest BCUT2D eigenvalue weighted by Gasteiger charge is 2.19. The van der Waals surface area contributed by atoms with Gasteiger partial charge in [-0.3, -0.25) is 9.89 Å². The van der Waals surface area contributed by atoms with E-state index in [2.05, 4.69) is 15.5 Å². The van der Waals surface area contributed by atoms with E-state index < -0.39 is 0 Å². The summed E-state index contributed by atoms with van der Waals surface area (Å²) in [5.74, 6) is -0.148. The quantitative estimate of drug-likeness (QED) is 0.768. The van der Waals surface area contributed by atoms with Gasteiger partial charge in [0, 0.05) is 10.9 Å².